The van der Waals surface area contributed by atoms with Gasteiger partial charge in [-0.1, -0.05) is 24.3 Å². The fraction of sp³-hybridized carbons (Fsp3) is 0.190. The van der Waals surface area contributed by atoms with E-state index < -0.39 is 0 Å². The molecule has 0 saturated heterocycles. The Balaban J connectivity index is 2.16. The van der Waals surface area contributed by atoms with Crippen LogP contribution in [0.5, 0.6) is 5.75 Å². The predicted molar refractivity (Wildman–Crippen MR) is 106 cm³/mol. The Hall–Kier alpha value is -2.66. The standard InChI is InChI=1S/C21H21NO3S/c1-4-25-21(23)18-13-22-20(14-8-10-17(26-3)11-9-14)19(18)15-6-5-7-16(12-15)24-2/h5-13,22H,4H2,1-3H3. The van der Waals surface area contributed by atoms with Crippen LogP contribution in [0.4, 0.5) is 0 Å². The number of esters is 1. The minimum absolute atomic E-state index is 0.333. The molecule has 26 heavy (non-hydrogen) atoms. The van der Waals surface area contributed by atoms with E-state index in [9.17, 15) is 4.79 Å². The monoisotopic (exact) mass is 367 g/mol. The van der Waals surface area contributed by atoms with Gasteiger partial charge < -0.3 is 14.5 Å². The van der Waals surface area contributed by atoms with Crippen molar-refractivity contribution in [2.45, 2.75) is 11.8 Å². The summed E-state index contributed by atoms with van der Waals surface area (Å²) in [6, 6.07) is 15.9. The number of methoxy groups -OCH3 is 1. The van der Waals surface area contributed by atoms with Crippen LogP contribution in [-0.2, 0) is 4.74 Å². The normalized spacial score (nSPS) is 10.6. The van der Waals surface area contributed by atoms with Crippen molar-refractivity contribution < 1.29 is 14.3 Å². The zero-order valence-electron chi connectivity index (χ0n) is 15.0. The molecule has 1 heterocycles. The maximum atomic E-state index is 12.5. The predicted octanol–water partition coefficient (Wildman–Crippen LogP) is 5.26. The van der Waals surface area contributed by atoms with Gasteiger partial charge in [0.05, 0.1) is 25.0 Å². The molecular weight excluding hydrogens is 346 g/mol. The quantitative estimate of drug-likeness (QED) is 0.477. The third-order valence-electron chi connectivity index (χ3n) is 4.11. The molecular formula is C21H21NO3S. The first-order valence-corrected chi connectivity index (χ1v) is 9.57. The molecule has 0 unspecified atom stereocenters. The summed E-state index contributed by atoms with van der Waals surface area (Å²) in [5, 5.41) is 0. The van der Waals surface area contributed by atoms with Gasteiger partial charge in [-0.25, -0.2) is 4.79 Å². The second-order valence-electron chi connectivity index (χ2n) is 5.63. The molecule has 134 valence electrons. The van der Waals surface area contributed by atoms with E-state index in [0.29, 0.717) is 12.2 Å². The zero-order chi connectivity index (χ0) is 18.5. The Morgan fingerprint density at radius 1 is 1.12 bits per heavy atom. The van der Waals surface area contributed by atoms with Crippen molar-refractivity contribution in [3.8, 4) is 28.1 Å². The number of thioether (sulfide) groups is 1. The number of nitrogens with one attached hydrogen (secondary N) is 1. The minimum Gasteiger partial charge on any atom is -0.497 e. The van der Waals surface area contributed by atoms with Gasteiger partial charge in [0.2, 0.25) is 0 Å². The molecule has 3 aromatic rings. The summed E-state index contributed by atoms with van der Waals surface area (Å²) in [7, 11) is 1.63. The fourth-order valence-electron chi connectivity index (χ4n) is 2.86. The smallest absolute Gasteiger partial charge is 0.340 e. The molecule has 1 aromatic heterocycles. The molecule has 4 nitrogen and oxygen atoms in total. The number of rotatable bonds is 6. The van der Waals surface area contributed by atoms with Crippen LogP contribution in [0.3, 0.4) is 0 Å². The molecule has 0 saturated carbocycles. The molecule has 0 spiro atoms. The second kappa shape index (κ2) is 8.15. The number of aromatic nitrogens is 1. The van der Waals surface area contributed by atoms with Crippen molar-refractivity contribution in [1.29, 1.82) is 0 Å². The van der Waals surface area contributed by atoms with E-state index >= 15 is 0 Å². The van der Waals surface area contributed by atoms with Crippen molar-refractivity contribution in [2.75, 3.05) is 20.0 Å². The van der Waals surface area contributed by atoms with Crippen LogP contribution in [0.25, 0.3) is 22.4 Å². The van der Waals surface area contributed by atoms with Gasteiger partial charge >= 0.3 is 5.97 Å². The van der Waals surface area contributed by atoms with Gasteiger partial charge in [-0.05, 0) is 48.6 Å². The largest absolute Gasteiger partial charge is 0.497 e. The molecule has 3 rings (SSSR count). The molecule has 0 aliphatic heterocycles. The first-order valence-electron chi connectivity index (χ1n) is 8.35. The van der Waals surface area contributed by atoms with Gasteiger partial charge in [0.15, 0.2) is 0 Å². The molecule has 0 aliphatic carbocycles. The van der Waals surface area contributed by atoms with Crippen LogP contribution < -0.4 is 4.74 Å². The lowest BCUT2D eigenvalue weighted by Gasteiger charge is -2.10. The maximum absolute atomic E-state index is 12.5. The van der Waals surface area contributed by atoms with Gasteiger partial charge in [0.1, 0.15) is 5.75 Å². The summed E-state index contributed by atoms with van der Waals surface area (Å²) in [5.74, 6) is 0.399. The average Bonchev–Trinajstić information content (AvgIpc) is 3.13. The van der Waals surface area contributed by atoms with Gasteiger partial charge in [-0.15, -0.1) is 11.8 Å². The molecule has 0 atom stereocenters. The average molecular weight is 367 g/mol. The summed E-state index contributed by atoms with van der Waals surface area (Å²) in [5.41, 5.74) is 4.13. The molecule has 0 aliphatic rings. The Morgan fingerprint density at radius 2 is 1.88 bits per heavy atom. The van der Waals surface area contributed by atoms with Crippen molar-refractivity contribution in [2.24, 2.45) is 0 Å². The SMILES string of the molecule is CCOC(=O)c1c[nH]c(-c2ccc(SC)cc2)c1-c1cccc(OC)c1. The van der Waals surface area contributed by atoms with Crippen molar-refractivity contribution in [3.05, 3.63) is 60.3 Å². The number of H-pyrrole nitrogens is 1. The van der Waals surface area contributed by atoms with Crippen LogP contribution >= 0.6 is 11.8 Å². The number of hydrogen-bond donors (Lipinski definition) is 1. The van der Waals surface area contributed by atoms with E-state index in [1.54, 1.807) is 32.0 Å². The van der Waals surface area contributed by atoms with Crippen LogP contribution in [-0.4, -0.2) is 30.9 Å². The molecule has 0 amide bonds. The number of carbonyl (C=O) groups is 1. The maximum Gasteiger partial charge on any atom is 0.340 e. The second-order valence-corrected chi connectivity index (χ2v) is 6.51. The number of ether oxygens (including phenoxy) is 2. The van der Waals surface area contributed by atoms with E-state index in [0.717, 1.165) is 28.1 Å². The molecule has 5 heteroatoms. The lowest BCUT2D eigenvalue weighted by atomic mass is 9.97. The fourth-order valence-corrected chi connectivity index (χ4v) is 3.27. The van der Waals surface area contributed by atoms with Crippen LogP contribution in [0.2, 0.25) is 0 Å². The molecule has 0 bridgehead atoms. The van der Waals surface area contributed by atoms with E-state index in [1.165, 1.54) is 4.90 Å². The number of benzene rings is 2. The zero-order valence-corrected chi connectivity index (χ0v) is 15.9. The summed E-state index contributed by atoms with van der Waals surface area (Å²) in [6.45, 7) is 2.14. The van der Waals surface area contributed by atoms with Crippen molar-refractivity contribution in [3.63, 3.8) is 0 Å². The Labute approximate surface area is 157 Å². The third-order valence-corrected chi connectivity index (χ3v) is 4.86. The summed E-state index contributed by atoms with van der Waals surface area (Å²) in [4.78, 5) is 16.9. The van der Waals surface area contributed by atoms with Crippen molar-refractivity contribution >= 4 is 17.7 Å². The summed E-state index contributed by atoms with van der Waals surface area (Å²) < 4.78 is 10.6. The highest BCUT2D eigenvalue weighted by molar-refractivity contribution is 7.98. The Bertz CT molecular complexity index is 900. The van der Waals surface area contributed by atoms with Gasteiger partial charge in [0.25, 0.3) is 0 Å². The van der Waals surface area contributed by atoms with Gasteiger partial charge in [-0.2, -0.15) is 0 Å². The molecule has 0 fully saturated rings. The van der Waals surface area contributed by atoms with Gasteiger partial charge in [0, 0.05) is 16.7 Å². The minimum atomic E-state index is -0.339. The topological polar surface area (TPSA) is 51.3 Å². The summed E-state index contributed by atoms with van der Waals surface area (Å²) >= 11 is 1.69. The first-order chi connectivity index (χ1) is 12.7. The van der Waals surface area contributed by atoms with Gasteiger partial charge in [-0.3, -0.25) is 0 Å². The van der Waals surface area contributed by atoms with Crippen LogP contribution in [0, 0.1) is 0 Å². The van der Waals surface area contributed by atoms with E-state index in [1.807, 2.05) is 30.5 Å². The van der Waals surface area contributed by atoms with E-state index in [4.69, 9.17) is 9.47 Å². The lowest BCUT2D eigenvalue weighted by molar-refractivity contribution is 0.0527. The Kier molecular flexibility index (Phi) is 5.68. The number of aromatic amines is 1. The molecule has 1 N–H and O–H groups in total. The Morgan fingerprint density at radius 3 is 2.54 bits per heavy atom. The van der Waals surface area contributed by atoms with Crippen molar-refractivity contribution in [1.82, 2.24) is 4.98 Å². The molecule has 0 radical (unpaired) electrons. The number of hydrogen-bond acceptors (Lipinski definition) is 4. The van der Waals surface area contributed by atoms with E-state index in [2.05, 4.69) is 29.2 Å². The highest BCUT2D eigenvalue weighted by atomic mass is 32.2. The van der Waals surface area contributed by atoms with Crippen LogP contribution in [0.1, 0.15) is 17.3 Å². The highest BCUT2D eigenvalue weighted by Crippen LogP contribution is 2.36. The lowest BCUT2D eigenvalue weighted by Crippen LogP contribution is -2.05. The molecule has 2 aromatic carbocycles. The first kappa shape index (κ1) is 18.1. The third kappa shape index (κ3) is 3.63. The highest BCUT2D eigenvalue weighted by Gasteiger charge is 2.21. The van der Waals surface area contributed by atoms with E-state index in [-0.39, 0.29) is 5.97 Å². The van der Waals surface area contributed by atoms with Crippen LogP contribution in [0.15, 0.2) is 59.6 Å². The summed E-state index contributed by atoms with van der Waals surface area (Å²) in [6.07, 6.45) is 3.76. The number of carbonyl (C=O) groups excluding carboxylic acids is 1.